The van der Waals surface area contributed by atoms with Crippen LogP contribution in [0.5, 0.6) is 0 Å². The largest absolute Gasteiger partial charge is 0.366 e. The number of rotatable bonds is 4. The van der Waals surface area contributed by atoms with E-state index in [9.17, 15) is 4.79 Å². The Kier molecular flexibility index (Phi) is 3.07. The minimum Gasteiger partial charge on any atom is -0.366 e. The number of hydrogen-bond donors (Lipinski definition) is 1. The van der Waals surface area contributed by atoms with Gasteiger partial charge in [0.15, 0.2) is 0 Å². The molecular weight excluding hydrogens is 228 g/mol. The minimum absolute atomic E-state index is 0.400. The summed E-state index contributed by atoms with van der Waals surface area (Å²) in [6.45, 7) is 3.34. The Hall–Kier alpha value is -1.36. The summed E-state index contributed by atoms with van der Waals surface area (Å²) >= 11 is 0. The second kappa shape index (κ2) is 4.72. The van der Waals surface area contributed by atoms with Crippen LogP contribution in [0.25, 0.3) is 0 Å². The number of nitrogens with zero attached hydrogens (tertiary/aromatic N) is 3. The highest BCUT2D eigenvalue weighted by Crippen LogP contribution is 2.29. The highest BCUT2D eigenvalue weighted by atomic mass is 16.1. The van der Waals surface area contributed by atoms with Crippen LogP contribution < -0.4 is 5.73 Å². The second-order valence-electron chi connectivity index (χ2n) is 5.60. The zero-order chi connectivity index (χ0) is 12.5. The third-order valence-electron chi connectivity index (χ3n) is 4.19. The summed E-state index contributed by atoms with van der Waals surface area (Å²) in [5.74, 6) is 0.508. The first-order valence-corrected chi connectivity index (χ1v) is 6.78. The van der Waals surface area contributed by atoms with Gasteiger partial charge in [-0.2, -0.15) is 5.10 Å². The monoisotopic (exact) mass is 248 g/mol. The average Bonchev–Trinajstić information content (AvgIpc) is 2.94. The van der Waals surface area contributed by atoms with Gasteiger partial charge >= 0.3 is 0 Å². The number of carbonyl (C=O) groups is 1. The normalized spacial score (nSPS) is 22.2. The van der Waals surface area contributed by atoms with E-state index in [1.165, 1.54) is 32.2 Å². The quantitative estimate of drug-likeness (QED) is 0.865. The van der Waals surface area contributed by atoms with Gasteiger partial charge in [-0.1, -0.05) is 12.8 Å². The van der Waals surface area contributed by atoms with Gasteiger partial charge in [0.2, 0.25) is 0 Å². The number of amides is 1. The van der Waals surface area contributed by atoms with Crippen molar-refractivity contribution in [2.75, 3.05) is 19.6 Å². The van der Waals surface area contributed by atoms with Gasteiger partial charge in [0, 0.05) is 25.8 Å². The maximum absolute atomic E-state index is 11.0. The molecular formula is C13H20N4O. The molecule has 0 radical (unpaired) electrons. The van der Waals surface area contributed by atoms with E-state index in [4.69, 9.17) is 5.73 Å². The Morgan fingerprint density at radius 2 is 2.11 bits per heavy atom. The molecule has 1 aliphatic carbocycles. The third-order valence-corrected chi connectivity index (χ3v) is 4.19. The van der Waals surface area contributed by atoms with Crippen molar-refractivity contribution >= 4 is 5.91 Å². The van der Waals surface area contributed by atoms with Crippen molar-refractivity contribution < 1.29 is 4.79 Å². The SMILES string of the molecule is NC(=O)c1cnn(C2CN(CC3CCCC3)C2)c1. The number of carbonyl (C=O) groups excluding carboxylic acids is 1. The van der Waals surface area contributed by atoms with Gasteiger partial charge in [-0.15, -0.1) is 0 Å². The van der Waals surface area contributed by atoms with E-state index < -0.39 is 5.91 Å². The van der Waals surface area contributed by atoms with Crippen molar-refractivity contribution in [2.24, 2.45) is 11.7 Å². The fourth-order valence-electron chi connectivity index (χ4n) is 3.08. The number of hydrogen-bond acceptors (Lipinski definition) is 3. The molecule has 1 saturated carbocycles. The van der Waals surface area contributed by atoms with Gasteiger partial charge in [-0.25, -0.2) is 0 Å². The Labute approximate surface area is 107 Å². The molecule has 1 saturated heterocycles. The van der Waals surface area contributed by atoms with Crippen LogP contribution in [0.3, 0.4) is 0 Å². The van der Waals surface area contributed by atoms with Crippen LogP contribution in [0.2, 0.25) is 0 Å². The zero-order valence-corrected chi connectivity index (χ0v) is 10.6. The molecule has 98 valence electrons. The first-order chi connectivity index (χ1) is 8.72. The van der Waals surface area contributed by atoms with Crippen molar-refractivity contribution in [3.63, 3.8) is 0 Å². The van der Waals surface area contributed by atoms with Crippen molar-refractivity contribution in [3.8, 4) is 0 Å². The molecule has 2 aliphatic rings. The number of likely N-dealkylation sites (tertiary alicyclic amines) is 1. The second-order valence-corrected chi connectivity index (χ2v) is 5.60. The smallest absolute Gasteiger partial charge is 0.251 e. The summed E-state index contributed by atoms with van der Waals surface area (Å²) < 4.78 is 1.88. The maximum Gasteiger partial charge on any atom is 0.251 e. The van der Waals surface area contributed by atoms with Crippen LogP contribution in [0.4, 0.5) is 0 Å². The van der Waals surface area contributed by atoms with Gasteiger partial charge in [0.1, 0.15) is 0 Å². The summed E-state index contributed by atoms with van der Waals surface area (Å²) in [6.07, 6.45) is 8.93. The predicted octanol–water partition coefficient (Wildman–Crippen LogP) is 1.03. The molecule has 2 fully saturated rings. The molecule has 2 heterocycles. The Bertz CT molecular complexity index is 430. The third kappa shape index (κ3) is 2.27. The summed E-state index contributed by atoms with van der Waals surface area (Å²) in [7, 11) is 0. The number of nitrogens with two attached hydrogens (primary N) is 1. The van der Waals surface area contributed by atoms with Crippen molar-refractivity contribution in [1.29, 1.82) is 0 Å². The van der Waals surface area contributed by atoms with Crippen LogP contribution >= 0.6 is 0 Å². The molecule has 0 aromatic carbocycles. The molecule has 3 rings (SSSR count). The Morgan fingerprint density at radius 1 is 1.39 bits per heavy atom. The van der Waals surface area contributed by atoms with E-state index in [0.29, 0.717) is 11.6 Å². The highest BCUT2D eigenvalue weighted by Gasteiger charge is 2.31. The van der Waals surface area contributed by atoms with Crippen LogP contribution in [-0.2, 0) is 0 Å². The van der Waals surface area contributed by atoms with Gasteiger partial charge in [-0.3, -0.25) is 14.4 Å². The van der Waals surface area contributed by atoms with Crippen LogP contribution in [0.15, 0.2) is 12.4 Å². The van der Waals surface area contributed by atoms with Gasteiger partial charge in [0.05, 0.1) is 17.8 Å². The van der Waals surface area contributed by atoms with E-state index in [2.05, 4.69) is 10.00 Å². The molecule has 2 N–H and O–H groups in total. The van der Waals surface area contributed by atoms with E-state index >= 15 is 0 Å². The standard InChI is InChI=1S/C13H20N4O/c14-13(18)11-5-15-17(7-11)12-8-16(9-12)6-10-3-1-2-4-10/h5,7,10,12H,1-4,6,8-9H2,(H2,14,18). The lowest BCUT2D eigenvalue weighted by atomic mass is 10.0. The fourth-order valence-corrected chi connectivity index (χ4v) is 3.08. The lowest BCUT2D eigenvalue weighted by Crippen LogP contribution is -2.49. The van der Waals surface area contributed by atoms with Crippen molar-refractivity contribution in [1.82, 2.24) is 14.7 Å². The minimum atomic E-state index is -0.400. The molecule has 1 amide bonds. The Morgan fingerprint density at radius 3 is 2.72 bits per heavy atom. The van der Waals surface area contributed by atoms with Crippen LogP contribution in [-0.4, -0.2) is 40.2 Å². The first kappa shape index (κ1) is 11.7. The van der Waals surface area contributed by atoms with Crippen molar-refractivity contribution in [2.45, 2.75) is 31.7 Å². The molecule has 0 spiro atoms. The van der Waals surface area contributed by atoms with Crippen molar-refractivity contribution in [3.05, 3.63) is 18.0 Å². The summed E-state index contributed by atoms with van der Waals surface area (Å²) in [5.41, 5.74) is 5.72. The predicted molar refractivity (Wildman–Crippen MR) is 68.2 cm³/mol. The molecule has 5 heteroatoms. The molecule has 1 aliphatic heterocycles. The van der Waals surface area contributed by atoms with E-state index in [1.54, 1.807) is 12.4 Å². The number of aromatic nitrogens is 2. The molecule has 1 aromatic heterocycles. The van der Waals surface area contributed by atoms with Gasteiger partial charge < -0.3 is 5.73 Å². The zero-order valence-electron chi connectivity index (χ0n) is 10.6. The number of primary amides is 1. The van der Waals surface area contributed by atoms with E-state index in [1.807, 2.05) is 4.68 Å². The lowest BCUT2D eigenvalue weighted by molar-refractivity contribution is 0.0812. The molecule has 0 bridgehead atoms. The summed E-state index contributed by atoms with van der Waals surface area (Å²) in [5, 5.41) is 4.21. The van der Waals surface area contributed by atoms with E-state index in [-0.39, 0.29) is 0 Å². The lowest BCUT2D eigenvalue weighted by Gasteiger charge is -2.40. The van der Waals surface area contributed by atoms with Gasteiger partial charge in [-0.05, 0) is 18.8 Å². The van der Waals surface area contributed by atoms with Crippen LogP contribution in [0.1, 0.15) is 42.1 Å². The maximum atomic E-state index is 11.0. The summed E-state index contributed by atoms with van der Waals surface area (Å²) in [6, 6.07) is 0.416. The topological polar surface area (TPSA) is 64.2 Å². The highest BCUT2D eigenvalue weighted by molar-refractivity contribution is 5.92. The first-order valence-electron chi connectivity index (χ1n) is 6.78. The average molecular weight is 248 g/mol. The van der Waals surface area contributed by atoms with Gasteiger partial charge in [0.25, 0.3) is 5.91 Å². The molecule has 18 heavy (non-hydrogen) atoms. The molecule has 5 nitrogen and oxygen atoms in total. The van der Waals surface area contributed by atoms with Crippen LogP contribution in [0, 0.1) is 5.92 Å². The molecule has 0 atom stereocenters. The molecule has 1 aromatic rings. The summed E-state index contributed by atoms with van der Waals surface area (Å²) in [4.78, 5) is 13.5. The fraction of sp³-hybridized carbons (Fsp3) is 0.692. The molecule has 0 unspecified atom stereocenters. The Balaban J connectivity index is 1.50. The van der Waals surface area contributed by atoms with E-state index in [0.717, 1.165) is 19.0 Å².